The number of nitrogens with one attached hydrogen (secondary N) is 1. The molecule has 21 heavy (non-hydrogen) atoms. The van der Waals surface area contributed by atoms with E-state index in [1.54, 1.807) is 0 Å². The summed E-state index contributed by atoms with van der Waals surface area (Å²) in [5, 5.41) is 3.63. The first-order valence-electron chi connectivity index (χ1n) is 8.12. The van der Waals surface area contributed by atoms with Gasteiger partial charge in [0.1, 0.15) is 0 Å². The van der Waals surface area contributed by atoms with E-state index < -0.39 is 0 Å². The van der Waals surface area contributed by atoms with Gasteiger partial charge in [-0.25, -0.2) is 0 Å². The second kappa shape index (κ2) is 7.92. The molecule has 0 aromatic heterocycles. The third-order valence-corrected chi connectivity index (χ3v) is 3.91. The number of hydrogen-bond acceptors (Lipinski definition) is 3. The number of likely N-dealkylation sites (tertiary alicyclic amines) is 1. The van der Waals surface area contributed by atoms with Gasteiger partial charge in [0.2, 0.25) is 0 Å². The zero-order chi connectivity index (χ0) is 15.1. The summed E-state index contributed by atoms with van der Waals surface area (Å²) in [6.45, 7) is 11.6. The number of benzene rings is 1. The molecule has 1 N–H and O–H groups in total. The molecule has 0 aliphatic carbocycles. The zero-order valence-corrected chi connectivity index (χ0v) is 13.8. The minimum atomic E-state index is 0.214. The van der Waals surface area contributed by atoms with E-state index >= 15 is 0 Å². The second-order valence-electron chi connectivity index (χ2n) is 7.18. The molecule has 118 valence electrons. The van der Waals surface area contributed by atoms with Crippen molar-refractivity contribution < 1.29 is 4.74 Å². The lowest BCUT2D eigenvalue weighted by molar-refractivity contribution is -0.00226. The molecule has 1 aliphatic heterocycles. The lowest BCUT2D eigenvalue weighted by Crippen LogP contribution is -2.45. The van der Waals surface area contributed by atoms with Crippen LogP contribution >= 0.6 is 0 Å². The molecule has 0 amide bonds. The third kappa shape index (κ3) is 6.60. The van der Waals surface area contributed by atoms with Crippen LogP contribution in [0.1, 0.15) is 39.2 Å². The van der Waals surface area contributed by atoms with Crippen LogP contribution in [0.3, 0.4) is 0 Å². The zero-order valence-electron chi connectivity index (χ0n) is 13.8. The van der Waals surface area contributed by atoms with Gasteiger partial charge < -0.3 is 10.1 Å². The standard InChI is InChI=1S/C18H30N2O/c1-18(2,3)19-12-17-10-7-11-20(13-17)15-21-14-16-8-5-4-6-9-16/h4-6,8-9,17,19H,7,10-15H2,1-3H3. The monoisotopic (exact) mass is 290 g/mol. The van der Waals surface area contributed by atoms with Gasteiger partial charge in [0.25, 0.3) is 0 Å². The minimum absolute atomic E-state index is 0.214. The van der Waals surface area contributed by atoms with Gasteiger partial charge >= 0.3 is 0 Å². The van der Waals surface area contributed by atoms with Crippen LogP contribution in [-0.2, 0) is 11.3 Å². The summed E-state index contributed by atoms with van der Waals surface area (Å²) in [4.78, 5) is 2.45. The quantitative estimate of drug-likeness (QED) is 0.870. The molecule has 1 saturated heterocycles. The average Bonchev–Trinajstić information content (AvgIpc) is 2.46. The van der Waals surface area contributed by atoms with E-state index in [9.17, 15) is 0 Å². The Bertz CT molecular complexity index is 399. The summed E-state index contributed by atoms with van der Waals surface area (Å²) >= 11 is 0. The van der Waals surface area contributed by atoms with Crippen molar-refractivity contribution in [2.24, 2.45) is 5.92 Å². The van der Waals surface area contributed by atoms with E-state index in [1.165, 1.54) is 24.9 Å². The Balaban J connectivity index is 1.67. The van der Waals surface area contributed by atoms with Gasteiger partial charge in [-0.15, -0.1) is 0 Å². The highest BCUT2D eigenvalue weighted by molar-refractivity contribution is 5.13. The molecule has 0 bridgehead atoms. The molecule has 2 rings (SSSR count). The normalized spacial score (nSPS) is 20.6. The highest BCUT2D eigenvalue weighted by Gasteiger charge is 2.21. The summed E-state index contributed by atoms with van der Waals surface area (Å²) in [5.41, 5.74) is 1.46. The fourth-order valence-corrected chi connectivity index (χ4v) is 2.75. The fraction of sp³-hybridized carbons (Fsp3) is 0.667. The van der Waals surface area contributed by atoms with Crippen LogP contribution in [0.15, 0.2) is 30.3 Å². The Morgan fingerprint density at radius 1 is 1.24 bits per heavy atom. The lowest BCUT2D eigenvalue weighted by atomic mass is 9.97. The Morgan fingerprint density at radius 2 is 2.00 bits per heavy atom. The molecule has 1 atom stereocenters. The molecule has 1 heterocycles. The van der Waals surface area contributed by atoms with Crippen LogP contribution < -0.4 is 5.32 Å². The van der Waals surface area contributed by atoms with Gasteiger partial charge in [-0.1, -0.05) is 30.3 Å². The van der Waals surface area contributed by atoms with E-state index in [2.05, 4.69) is 55.3 Å². The summed E-state index contributed by atoms with van der Waals surface area (Å²) < 4.78 is 5.86. The predicted molar refractivity (Wildman–Crippen MR) is 88.2 cm³/mol. The van der Waals surface area contributed by atoms with E-state index in [4.69, 9.17) is 4.74 Å². The van der Waals surface area contributed by atoms with Crippen LogP contribution in [0.5, 0.6) is 0 Å². The van der Waals surface area contributed by atoms with Crippen molar-refractivity contribution in [1.82, 2.24) is 10.2 Å². The fourth-order valence-electron chi connectivity index (χ4n) is 2.75. The number of ether oxygens (including phenoxy) is 1. The lowest BCUT2D eigenvalue weighted by Gasteiger charge is -2.34. The Morgan fingerprint density at radius 3 is 2.71 bits per heavy atom. The third-order valence-electron chi connectivity index (χ3n) is 3.91. The first-order valence-corrected chi connectivity index (χ1v) is 8.12. The Hall–Kier alpha value is -0.900. The maximum absolute atomic E-state index is 5.86. The average molecular weight is 290 g/mol. The smallest absolute Gasteiger partial charge is 0.0994 e. The molecule has 1 unspecified atom stereocenters. The molecule has 0 spiro atoms. The number of piperidine rings is 1. The van der Waals surface area contributed by atoms with Crippen LogP contribution in [0.25, 0.3) is 0 Å². The molecule has 1 aliphatic rings. The van der Waals surface area contributed by atoms with Crippen molar-refractivity contribution in [3.8, 4) is 0 Å². The number of hydrogen-bond donors (Lipinski definition) is 1. The van der Waals surface area contributed by atoms with Gasteiger partial charge in [-0.3, -0.25) is 4.90 Å². The molecular weight excluding hydrogens is 260 g/mol. The van der Waals surface area contributed by atoms with Crippen LogP contribution in [0, 0.1) is 5.92 Å². The highest BCUT2D eigenvalue weighted by Crippen LogP contribution is 2.17. The van der Waals surface area contributed by atoms with Crippen LogP contribution in [-0.4, -0.2) is 36.8 Å². The second-order valence-corrected chi connectivity index (χ2v) is 7.18. The van der Waals surface area contributed by atoms with Crippen LogP contribution in [0.4, 0.5) is 0 Å². The topological polar surface area (TPSA) is 24.5 Å². The Labute approximate surface area is 129 Å². The van der Waals surface area contributed by atoms with E-state index in [-0.39, 0.29) is 5.54 Å². The number of nitrogens with zero attached hydrogens (tertiary/aromatic N) is 1. The van der Waals surface area contributed by atoms with E-state index in [1.807, 2.05) is 6.07 Å². The Kier molecular flexibility index (Phi) is 6.22. The van der Waals surface area contributed by atoms with Crippen LogP contribution in [0.2, 0.25) is 0 Å². The SMILES string of the molecule is CC(C)(C)NCC1CCCN(COCc2ccccc2)C1. The minimum Gasteiger partial charge on any atom is -0.361 e. The van der Waals surface area contributed by atoms with Gasteiger partial charge in [0.05, 0.1) is 13.3 Å². The van der Waals surface area contributed by atoms with Crippen molar-refractivity contribution in [2.45, 2.75) is 45.8 Å². The molecule has 3 nitrogen and oxygen atoms in total. The maximum atomic E-state index is 5.86. The number of rotatable bonds is 6. The predicted octanol–water partition coefficient (Wildman–Crippen LogP) is 3.26. The van der Waals surface area contributed by atoms with Gasteiger partial charge in [-0.05, 0) is 51.6 Å². The largest absolute Gasteiger partial charge is 0.361 e. The maximum Gasteiger partial charge on any atom is 0.0994 e. The van der Waals surface area contributed by atoms with Crippen molar-refractivity contribution in [2.75, 3.05) is 26.4 Å². The summed E-state index contributed by atoms with van der Waals surface area (Å²) in [6, 6.07) is 10.4. The molecule has 1 aromatic rings. The van der Waals surface area contributed by atoms with Gasteiger partial charge in [-0.2, -0.15) is 0 Å². The van der Waals surface area contributed by atoms with Crippen molar-refractivity contribution >= 4 is 0 Å². The summed E-state index contributed by atoms with van der Waals surface area (Å²) in [7, 11) is 0. The van der Waals surface area contributed by atoms with Gasteiger partial charge in [0, 0.05) is 18.6 Å². The van der Waals surface area contributed by atoms with Crippen molar-refractivity contribution in [1.29, 1.82) is 0 Å². The molecule has 1 fully saturated rings. The van der Waals surface area contributed by atoms with Crippen molar-refractivity contribution in [3.63, 3.8) is 0 Å². The summed E-state index contributed by atoms with van der Waals surface area (Å²) in [6.07, 6.45) is 2.61. The van der Waals surface area contributed by atoms with E-state index in [0.717, 1.165) is 25.7 Å². The summed E-state index contributed by atoms with van der Waals surface area (Å²) in [5.74, 6) is 0.748. The van der Waals surface area contributed by atoms with E-state index in [0.29, 0.717) is 6.61 Å². The highest BCUT2D eigenvalue weighted by atomic mass is 16.5. The molecule has 0 radical (unpaired) electrons. The molecule has 1 aromatic carbocycles. The first-order chi connectivity index (χ1) is 10.0. The first kappa shape index (κ1) is 16.5. The molecule has 3 heteroatoms. The molecule has 0 saturated carbocycles. The van der Waals surface area contributed by atoms with Gasteiger partial charge in [0.15, 0.2) is 0 Å². The van der Waals surface area contributed by atoms with Crippen molar-refractivity contribution in [3.05, 3.63) is 35.9 Å². The molecular formula is C18H30N2O.